The third kappa shape index (κ3) is 2.83. The fourth-order valence-corrected chi connectivity index (χ4v) is 3.99. The van der Waals surface area contributed by atoms with Gasteiger partial charge < -0.3 is 11.1 Å². The molecule has 2 nitrogen and oxygen atoms in total. The normalized spacial score (nSPS) is 27.4. The zero-order valence-electron chi connectivity index (χ0n) is 10.8. The summed E-state index contributed by atoms with van der Waals surface area (Å²) in [7, 11) is 0. The van der Waals surface area contributed by atoms with Crippen molar-refractivity contribution in [2.45, 2.75) is 43.0 Å². The first-order chi connectivity index (χ1) is 8.81. The summed E-state index contributed by atoms with van der Waals surface area (Å²) in [6.45, 7) is 1.09. The van der Waals surface area contributed by atoms with E-state index >= 15 is 0 Å². The number of hydrogen-bond donors (Lipinski definition) is 2. The lowest BCUT2D eigenvalue weighted by molar-refractivity contribution is 0.325. The molecule has 1 saturated carbocycles. The van der Waals surface area contributed by atoms with Crippen LogP contribution in [0.1, 0.15) is 31.2 Å². The lowest BCUT2D eigenvalue weighted by atomic mass is 9.83. The molecule has 0 bridgehead atoms. The molecule has 0 unspecified atom stereocenters. The highest BCUT2D eigenvalue weighted by Gasteiger charge is 2.19. The van der Waals surface area contributed by atoms with Crippen molar-refractivity contribution < 1.29 is 0 Å². The first-order valence-corrected chi connectivity index (χ1v) is 8.05. The molecule has 0 aromatic heterocycles. The van der Waals surface area contributed by atoms with E-state index < -0.39 is 0 Å². The van der Waals surface area contributed by atoms with E-state index in [4.69, 9.17) is 5.73 Å². The quantitative estimate of drug-likeness (QED) is 0.859. The molecule has 0 saturated heterocycles. The fraction of sp³-hybridized carbons (Fsp3) is 0.600. The fourth-order valence-electron chi connectivity index (χ4n) is 3.03. The van der Waals surface area contributed by atoms with Crippen molar-refractivity contribution in [3.63, 3.8) is 0 Å². The molecule has 1 aliphatic heterocycles. The molecule has 2 aliphatic rings. The van der Waals surface area contributed by atoms with Gasteiger partial charge in [0.1, 0.15) is 0 Å². The summed E-state index contributed by atoms with van der Waals surface area (Å²) in [5.41, 5.74) is 8.79. The predicted octanol–water partition coefficient (Wildman–Crippen LogP) is 3.26. The van der Waals surface area contributed by atoms with Gasteiger partial charge in [0.2, 0.25) is 0 Å². The standard InChI is InChI=1S/C15H22N2S/c16-13-4-1-11(2-5-13)9-12-3-6-14-15(10-12)18-8-7-17-14/h3,6,10-11,13,17H,1-2,4-5,7-9,16H2. The van der Waals surface area contributed by atoms with Crippen molar-refractivity contribution in [2.24, 2.45) is 11.7 Å². The summed E-state index contributed by atoms with van der Waals surface area (Å²) in [5.74, 6) is 2.04. The second kappa shape index (κ2) is 5.54. The summed E-state index contributed by atoms with van der Waals surface area (Å²) >= 11 is 1.98. The van der Waals surface area contributed by atoms with Gasteiger partial charge in [-0.25, -0.2) is 0 Å². The minimum Gasteiger partial charge on any atom is -0.383 e. The Morgan fingerprint density at radius 1 is 1.22 bits per heavy atom. The van der Waals surface area contributed by atoms with Gasteiger partial charge in [0.15, 0.2) is 0 Å². The third-order valence-electron chi connectivity index (χ3n) is 4.14. The van der Waals surface area contributed by atoms with Gasteiger partial charge in [-0.05, 0) is 55.7 Å². The molecule has 3 rings (SSSR count). The number of rotatable bonds is 2. The van der Waals surface area contributed by atoms with Crippen LogP contribution in [0.15, 0.2) is 23.1 Å². The maximum absolute atomic E-state index is 5.97. The van der Waals surface area contributed by atoms with Crippen molar-refractivity contribution in [2.75, 3.05) is 17.6 Å². The minimum atomic E-state index is 0.463. The van der Waals surface area contributed by atoms with Crippen molar-refractivity contribution >= 4 is 17.4 Å². The van der Waals surface area contributed by atoms with Gasteiger partial charge in [0.25, 0.3) is 0 Å². The second-order valence-corrected chi connectivity index (χ2v) is 6.73. The van der Waals surface area contributed by atoms with Crippen molar-refractivity contribution in [1.29, 1.82) is 0 Å². The monoisotopic (exact) mass is 262 g/mol. The molecular weight excluding hydrogens is 240 g/mol. The van der Waals surface area contributed by atoms with Crippen molar-refractivity contribution in [3.05, 3.63) is 23.8 Å². The molecule has 18 heavy (non-hydrogen) atoms. The van der Waals surface area contributed by atoms with Gasteiger partial charge in [-0.3, -0.25) is 0 Å². The number of nitrogens with two attached hydrogens (primary N) is 1. The van der Waals surface area contributed by atoms with Gasteiger partial charge in [-0.1, -0.05) is 6.07 Å². The lowest BCUT2D eigenvalue weighted by Crippen LogP contribution is -2.27. The molecule has 0 radical (unpaired) electrons. The topological polar surface area (TPSA) is 38.0 Å². The summed E-state index contributed by atoms with van der Waals surface area (Å²) < 4.78 is 0. The zero-order chi connectivity index (χ0) is 12.4. The summed E-state index contributed by atoms with van der Waals surface area (Å²) in [6.07, 6.45) is 6.28. The van der Waals surface area contributed by atoms with Crippen LogP contribution in [0.5, 0.6) is 0 Å². The molecule has 3 heteroatoms. The van der Waals surface area contributed by atoms with E-state index in [0.29, 0.717) is 6.04 Å². The SMILES string of the molecule is NC1CCC(Cc2ccc3c(c2)SCCN3)CC1. The summed E-state index contributed by atoms with van der Waals surface area (Å²) in [5, 5.41) is 3.46. The Morgan fingerprint density at radius 3 is 2.89 bits per heavy atom. The molecule has 0 spiro atoms. The molecule has 1 aromatic carbocycles. The Balaban J connectivity index is 1.66. The molecular formula is C15H22N2S. The Kier molecular flexibility index (Phi) is 3.80. The number of thioether (sulfide) groups is 1. The van der Waals surface area contributed by atoms with Gasteiger partial charge in [-0.2, -0.15) is 0 Å². The van der Waals surface area contributed by atoms with Crippen LogP contribution >= 0.6 is 11.8 Å². The van der Waals surface area contributed by atoms with Crippen LogP contribution in [0.4, 0.5) is 5.69 Å². The smallest absolute Gasteiger partial charge is 0.0478 e. The Labute approximate surface area is 114 Å². The highest BCUT2D eigenvalue weighted by molar-refractivity contribution is 7.99. The van der Waals surface area contributed by atoms with E-state index in [9.17, 15) is 0 Å². The maximum Gasteiger partial charge on any atom is 0.0478 e. The van der Waals surface area contributed by atoms with Crippen LogP contribution in [0.3, 0.4) is 0 Å². The van der Waals surface area contributed by atoms with E-state index in [1.54, 1.807) is 0 Å². The van der Waals surface area contributed by atoms with Gasteiger partial charge in [0, 0.05) is 28.9 Å². The molecule has 0 amide bonds. The summed E-state index contributed by atoms with van der Waals surface area (Å²) in [6, 6.07) is 7.41. The van der Waals surface area contributed by atoms with E-state index in [1.807, 2.05) is 11.8 Å². The van der Waals surface area contributed by atoms with Crippen LogP contribution < -0.4 is 11.1 Å². The predicted molar refractivity (Wildman–Crippen MR) is 79.3 cm³/mol. The van der Waals surface area contributed by atoms with Gasteiger partial charge in [0.05, 0.1) is 0 Å². The van der Waals surface area contributed by atoms with Crippen molar-refractivity contribution in [3.8, 4) is 0 Å². The van der Waals surface area contributed by atoms with E-state index in [2.05, 4.69) is 23.5 Å². The Hall–Kier alpha value is -0.670. The maximum atomic E-state index is 5.97. The molecule has 0 atom stereocenters. The van der Waals surface area contributed by atoms with Crippen LogP contribution in [-0.2, 0) is 6.42 Å². The molecule has 1 fully saturated rings. The van der Waals surface area contributed by atoms with Crippen LogP contribution in [0.25, 0.3) is 0 Å². The third-order valence-corrected chi connectivity index (χ3v) is 5.19. The number of fused-ring (bicyclic) bond motifs is 1. The zero-order valence-corrected chi connectivity index (χ0v) is 11.6. The molecule has 1 heterocycles. The van der Waals surface area contributed by atoms with Crippen LogP contribution in [0, 0.1) is 5.92 Å². The highest BCUT2D eigenvalue weighted by Crippen LogP contribution is 2.33. The molecule has 3 N–H and O–H groups in total. The molecule has 1 aromatic rings. The van der Waals surface area contributed by atoms with Gasteiger partial charge >= 0.3 is 0 Å². The number of anilines is 1. The van der Waals surface area contributed by atoms with Crippen molar-refractivity contribution in [1.82, 2.24) is 0 Å². The molecule has 1 aliphatic carbocycles. The summed E-state index contributed by atoms with van der Waals surface area (Å²) in [4.78, 5) is 1.44. The van der Waals surface area contributed by atoms with E-state index in [1.165, 1.54) is 54.0 Å². The highest BCUT2D eigenvalue weighted by atomic mass is 32.2. The van der Waals surface area contributed by atoms with Crippen LogP contribution in [0.2, 0.25) is 0 Å². The average Bonchev–Trinajstić information content (AvgIpc) is 2.41. The van der Waals surface area contributed by atoms with E-state index in [0.717, 1.165) is 12.5 Å². The number of benzene rings is 1. The Bertz CT molecular complexity index is 411. The first kappa shape index (κ1) is 12.4. The lowest BCUT2D eigenvalue weighted by Gasteiger charge is -2.26. The van der Waals surface area contributed by atoms with Gasteiger partial charge in [-0.15, -0.1) is 11.8 Å². The second-order valence-electron chi connectivity index (χ2n) is 5.59. The number of nitrogens with one attached hydrogen (secondary N) is 1. The first-order valence-electron chi connectivity index (χ1n) is 7.06. The Morgan fingerprint density at radius 2 is 2.06 bits per heavy atom. The minimum absolute atomic E-state index is 0.463. The average molecular weight is 262 g/mol. The number of hydrogen-bond acceptors (Lipinski definition) is 3. The molecule has 98 valence electrons. The largest absolute Gasteiger partial charge is 0.383 e. The van der Waals surface area contributed by atoms with E-state index in [-0.39, 0.29) is 0 Å². The van der Waals surface area contributed by atoms with Crippen LogP contribution in [-0.4, -0.2) is 18.3 Å².